The first kappa shape index (κ1) is 16.9. The molecule has 0 saturated heterocycles. The molecular weight excluding hydrogens is 274 g/mol. The van der Waals surface area contributed by atoms with Crippen molar-refractivity contribution < 1.29 is 19.4 Å². The lowest BCUT2D eigenvalue weighted by atomic mass is 10.2. The number of hydrogen-bond acceptors (Lipinski definition) is 4. The number of rotatable bonds is 8. The van der Waals surface area contributed by atoms with E-state index in [1.165, 1.54) is 18.3 Å². The van der Waals surface area contributed by atoms with Crippen LogP contribution in [0.25, 0.3) is 0 Å². The van der Waals surface area contributed by atoms with Crippen LogP contribution < -0.4 is 10.6 Å². The molecule has 21 heavy (non-hydrogen) atoms. The lowest BCUT2D eigenvalue weighted by Gasteiger charge is -2.09. The third kappa shape index (κ3) is 7.26. The Morgan fingerprint density at radius 3 is 2.81 bits per heavy atom. The zero-order chi connectivity index (χ0) is 15.7. The van der Waals surface area contributed by atoms with Crippen LogP contribution in [0.3, 0.4) is 0 Å². The third-order valence-electron chi connectivity index (χ3n) is 2.48. The van der Waals surface area contributed by atoms with Crippen molar-refractivity contribution in [3.05, 3.63) is 29.6 Å². The van der Waals surface area contributed by atoms with E-state index in [2.05, 4.69) is 29.5 Å². The number of urea groups is 1. The van der Waals surface area contributed by atoms with Gasteiger partial charge in [-0.15, -0.1) is 0 Å². The van der Waals surface area contributed by atoms with Gasteiger partial charge in [-0.05, 0) is 18.1 Å². The Kier molecular flexibility index (Phi) is 7.17. The van der Waals surface area contributed by atoms with Crippen molar-refractivity contribution in [2.24, 2.45) is 5.92 Å². The van der Waals surface area contributed by atoms with E-state index < -0.39 is 5.97 Å². The average Bonchev–Trinajstić information content (AvgIpc) is 2.44. The second-order valence-electron chi connectivity index (χ2n) is 4.92. The molecule has 1 aromatic heterocycles. The zero-order valence-electron chi connectivity index (χ0n) is 12.3. The summed E-state index contributed by atoms with van der Waals surface area (Å²) in [5, 5.41) is 14.1. The molecule has 0 spiro atoms. The van der Waals surface area contributed by atoms with Crippen molar-refractivity contribution in [3.8, 4) is 0 Å². The summed E-state index contributed by atoms with van der Waals surface area (Å²) in [5.74, 6) is -0.559. The summed E-state index contributed by atoms with van der Waals surface area (Å²) < 4.78 is 5.33. The van der Waals surface area contributed by atoms with Crippen LogP contribution in [0, 0.1) is 5.92 Å². The molecular formula is C14H21N3O4. The topological polar surface area (TPSA) is 101 Å². The van der Waals surface area contributed by atoms with Crippen LogP contribution in [0.4, 0.5) is 4.79 Å². The fraction of sp³-hybridized carbons (Fsp3) is 0.500. The molecule has 1 heterocycles. The number of amides is 2. The van der Waals surface area contributed by atoms with Crippen LogP contribution in [0.5, 0.6) is 0 Å². The minimum atomic E-state index is -1.02. The zero-order valence-corrected chi connectivity index (χ0v) is 12.3. The predicted octanol–water partition coefficient (Wildman–Crippen LogP) is 1.25. The van der Waals surface area contributed by atoms with Crippen molar-refractivity contribution in [1.29, 1.82) is 0 Å². The average molecular weight is 295 g/mol. The molecule has 116 valence electrons. The highest BCUT2D eigenvalue weighted by Crippen LogP contribution is 2.01. The number of aromatic carboxylic acids is 1. The summed E-state index contributed by atoms with van der Waals surface area (Å²) in [6.45, 7) is 5.81. The lowest BCUT2D eigenvalue weighted by molar-refractivity contribution is 0.0696. The molecule has 3 N–H and O–H groups in total. The van der Waals surface area contributed by atoms with Crippen molar-refractivity contribution in [1.82, 2.24) is 15.6 Å². The Balaban J connectivity index is 2.24. The molecule has 0 fully saturated rings. The maximum absolute atomic E-state index is 11.5. The monoisotopic (exact) mass is 295 g/mol. The molecule has 7 nitrogen and oxygen atoms in total. The predicted molar refractivity (Wildman–Crippen MR) is 77.1 cm³/mol. The van der Waals surface area contributed by atoms with Gasteiger partial charge in [0.25, 0.3) is 0 Å². The highest BCUT2D eigenvalue weighted by atomic mass is 16.5. The van der Waals surface area contributed by atoms with Crippen LogP contribution in [-0.4, -0.2) is 41.8 Å². The summed E-state index contributed by atoms with van der Waals surface area (Å²) in [5.41, 5.74) is 0.630. The third-order valence-corrected chi connectivity index (χ3v) is 2.48. The molecule has 0 aromatic carbocycles. The Morgan fingerprint density at radius 1 is 1.38 bits per heavy atom. The number of nitrogens with zero attached hydrogens (tertiary/aromatic N) is 1. The van der Waals surface area contributed by atoms with Crippen molar-refractivity contribution in [2.45, 2.75) is 20.4 Å². The minimum absolute atomic E-state index is 0.143. The fourth-order valence-electron chi connectivity index (χ4n) is 1.50. The standard InChI is InChI=1S/C14H21N3O4/c1-10(2)9-21-6-5-16-14(20)17-8-12-7-11(13(18)19)3-4-15-12/h3-4,7,10H,5-6,8-9H2,1-2H3,(H,18,19)(H2,16,17,20). The van der Waals surface area contributed by atoms with Gasteiger partial charge >= 0.3 is 12.0 Å². The summed E-state index contributed by atoms with van der Waals surface area (Å²) in [7, 11) is 0. The molecule has 0 aliphatic rings. The molecule has 0 aliphatic carbocycles. The molecule has 0 bridgehead atoms. The van der Waals surface area contributed by atoms with Gasteiger partial charge in [-0.3, -0.25) is 4.98 Å². The maximum Gasteiger partial charge on any atom is 0.335 e. The number of ether oxygens (including phenoxy) is 1. The SMILES string of the molecule is CC(C)COCCNC(=O)NCc1cc(C(=O)O)ccn1. The summed E-state index contributed by atoms with van der Waals surface area (Å²) in [4.78, 5) is 26.3. The van der Waals surface area contributed by atoms with Gasteiger partial charge in [-0.1, -0.05) is 13.8 Å². The second-order valence-corrected chi connectivity index (χ2v) is 4.92. The number of hydrogen-bond donors (Lipinski definition) is 3. The Hall–Kier alpha value is -2.15. The van der Waals surface area contributed by atoms with E-state index in [0.29, 0.717) is 31.4 Å². The molecule has 1 rings (SSSR count). The normalized spacial score (nSPS) is 10.4. The van der Waals surface area contributed by atoms with E-state index in [0.717, 1.165) is 0 Å². The van der Waals surface area contributed by atoms with Crippen molar-refractivity contribution in [3.63, 3.8) is 0 Å². The second kappa shape index (κ2) is 8.91. The maximum atomic E-state index is 11.5. The molecule has 0 unspecified atom stereocenters. The van der Waals surface area contributed by atoms with Gasteiger partial charge in [0.15, 0.2) is 0 Å². The van der Waals surface area contributed by atoms with E-state index in [1.807, 2.05) is 0 Å². The van der Waals surface area contributed by atoms with Crippen LogP contribution in [0.2, 0.25) is 0 Å². The van der Waals surface area contributed by atoms with E-state index in [-0.39, 0.29) is 18.1 Å². The quantitative estimate of drug-likeness (QED) is 0.627. The highest BCUT2D eigenvalue weighted by molar-refractivity contribution is 5.87. The number of carbonyl (C=O) groups excluding carboxylic acids is 1. The van der Waals surface area contributed by atoms with Gasteiger partial charge in [0, 0.05) is 19.3 Å². The number of aromatic nitrogens is 1. The van der Waals surface area contributed by atoms with Gasteiger partial charge < -0.3 is 20.5 Å². The van der Waals surface area contributed by atoms with Crippen LogP contribution in [0.1, 0.15) is 29.9 Å². The van der Waals surface area contributed by atoms with Gasteiger partial charge in [0.2, 0.25) is 0 Å². The van der Waals surface area contributed by atoms with Gasteiger partial charge in [-0.25, -0.2) is 9.59 Å². The summed E-state index contributed by atoms with van der Waals surface area (Å²) in [6, 6.07) is 2.48. The molecule has 2 amide bonds. The minimum Gasteiger partial charge on any atom is -0.478 e. The fourth-order valence-corrected chi connectivity index (χ4v) is 1.50. The molecule has 7 heteroatoms. The summed E-state index contributed by atoms with van der Waals surface area (Å²) in [6.07, 6.45) is 1.40. The number of pyridine rings is 1. The molecule has 0 saturated carbocycles. The molecule has 0 aliphatic heterocycles. The van der Waals surface area contributed by atoms with Crippen LogP contribution >= 0.6 is 0 Å². The highest BCUT2D eigenvalue weighted by Gasteiger charge is 2.05. The Bertz CT molecular complexity index is 477. The lowest BCUT2D eigenvalue weighted by Crippen LogP contribution is -2.37. The summed E-state index contributed by atoms with van der Waals surface area (Å²) >= 11 is 0. The first-order valence-corrected chi connectivity index (χ1v) is 6.76. The van der Waals surface area contributed by atoms with E-state index in [9.17, 15) is 9.59 Å². The van der Waals surface area contributed by atoms with Crippen molar-refractivity contribution in [2.75, 3.05) is 19.8 Å². The largest absolute Gasteiger partial charge is 0.478 e. The van der Waals surface area contributed by atoms with Gasteiger partial charge in [-0.2, -0.15) is 0 Å². The Morgan fingerprint density at radius 2 is 2.14 bits per heavy atom. The molecule has 1 aromatic rings. The number of carboxylic acid groups (broad SMARTS) is 1. The smallest absolute Gasteiger partial charge is 0.335 e. The van der Waals surface area contributed by atoms with Crippen molar-refractivity contribution >= 4 is 12.0 Å². The number of carboxylic acids is 1. The number of carbonyl (C=O) groups is 2. The van der Waals surface area contributed by atoms with E-state index in [1.54, 1.807) is 0 Å². The van der Waals surface area contributed by atoms with Crippen LogP contribution in [-0.2, 0) is 11.3 Å². The first-order valence-electron chi connectivity index (χ1n) is 6.76. The van der Waals surface area contributed by atoms with Gasteiger partial charge in [0.05, 0.1) is 24.4 Å². The van der Waals surface area contributed by atoms with Crippen LogP contribution in [0.15, 0.2) is 18.3 Å². The first-order chi connectivity index (χ1) is 9.99. The Labute approximate surface area is 123 Å². The molecule has 0 atom stereocenters. The van der Waals surface area contributed by atoms with E-state index >= 15 is 0 Å². The van der Waals surface area contributed by atoms with Gasteiger partial charge in [0.1, 0.15) is 0 Å². The van der Waals surface area contributed by atoms with E-state index in [4.69, 9.17) is 9.84 Å². The molecule has 0 radical (unpaired) electrons. The number of nitrogens with one attached hydrogen (secondary N) is 2.